The maximum atomic E-state index is 13.1. The Hall–Kier alpha value is -3.52. The molecule has 0 aliphatic carbocycles. The summed E-state index contributed by atoms with van der Waals surface area (Å²) in [7, 11) is 0. The summed E-state index contributed by atoms with van der Waals surface area (Å²) in [5, 5.41) is 13.8. The molecule has 0 fully saturated rings. The molecular formula is C23H23FN4O3. The van der Waals surface area contributed by atoms with E-state index in [1.54, 1.807) is 34.0 Å². The Morgan fingerprint density at radius 2 is 1.94 bits per heavy atom. The lowest BCUT2D eigenvalue weighted by atomic mass is 10.1. The molecule has 0 bridgehead atoms. The van der Waals surface area contributed by atoms with Crippen molar-refractivity contribution in [2.75, 3.05) is 6.54 Å². The summed E-state index contributed by atoms with van der Waals surface area (Å²) in [6.07, 6.45) is 3.34. The maximum Gasteiger partial charge on any atom is 0.274 e. The van der Waals surface area contributed by atoms with Gasteiger partial charge in [-0.25, -0.2) is 4.39 Å². The maximum absolute atomic E-state index is 13.1. The van der Waals surface area contributed by atoms with Crippen LogP contribution in [0.25, 0.3) is 0 Å². The van der Waals surface area contributed by atoms with Crippen LogP contribution >= 0.6 is 0 Å². The number of benzene rings is 1. The minimum absolute atomic E-state index is 0.0148. The molecule has 1 amide bonds. The van der Waals surface area contributed by atoms with E-state index in [0.717, 1.165) is 11.3 Å². The molecule has 3 heterocycles. The van der Waals surface area contributed by atoms with Crippen molar-refractivity contribution < 1.29 is 14.3 Å². The molecule has 2 aromatic heterocycles. The molecule has 31 heavy (non-hydrogen) atoms. The van der Waals surface area contributed by atoms with E-state index in [0.29, 0.717) is 25.2 Å². The van der Waals surface area contributed by atoms with Gasteiger partial charge in [0.15, 0.2) is 11.4 Å². The molecule has 1 aromatic carbocycles. The van der Waals surface area contributed by atoms with Gasteiger partial charge in [-0.3, -0.25) is 14.6 Å². The quantitative estimate of drug-likeness (QED) is 0.638. The molecule has 1 unspecified atom stereocenters. The van der Waals surface area contributed by atoms with Crippen molar-refractivity contribution in [2.24, 2.45) is 0 Å². The topological polar surface area (TPSA) is 87.5 Å². The average molecular weight is 422 g/mol. The van der Waals surface area contributed by atoms with E-state index < -0.39 is 17.1 Å². The van der Waals surface area contributed by atoms with Crippen LogP contribution in [0.1, 0.15) is 40.3 Å². The number of amides is 1. The zero-order valence-electron chi connectivity index (χ0n) is 17.1. The summed E-state index contributed by atoms with van der Waals surface area (Å²) in [6, 6.07) is 11.2. The Bertz CT molecular complexity index is 1150. The van der Waals surface area contributed by atoms with Crippen molar-refractivity contribution in [2.45, 2.75) is 32.6 Å². The Labute approximate surface area is 178 Å². The molecule has 3 aromatic rings. The standard InChI is InChI=1S/C23H23FN4O3/c1-15(26-12-18-4-2-3-9-25-18)19-14-27-10-11-28(13-16-5-7-17(24)8-6-16)23(31)20(27)22(30)21(19)29/h2-9,14-15,26,30H,10-13H2,1H3. The summed E-state index contributed by atoms with van der Waals surface area (Å²) < 4.78 is 14.8. The average Bonchev–Trinajstić information content (AvgIpc) is 2.78. The molecule has 160 valence electrons. The van der Waals surface area contributed by atoms with Gasteiger partial charge in [0.2, 0.25) is 5.43 Å². The third-order valence-corrected chi connectivity index (χ3v) is 5.45. The number of nitrogens with one attached hydrogen (secondary N) is 1. The number of aromatic hydroxyl groups is 1. The molecule has 2 N–H and O–H groups in total. The summed E-state index contributed by atoms with van der Waals surface area (Å²) in [4.78, 5) is 31.6. The van der Waals surface area contributed by atoms with Gasteiger partial charge < -0.3 is 19.9 Å². The smallest absolute Gasteiger partial charge is 0.274 e. The fourth-order valence-electron chi connectivity index (χ4n) is 3.69. The van der Waals surface area contributed by atoms with Gasteiger partial charge >= 0.3 is 0 Å². The van der Waals surface area contributed by atoms with Crippen LogP contribution in [0.15, 0.2) is 59.7 Å². The lowest BCUT2D eigenvalue weighted by Gasteiger charge is -2.31. The number of hydrogen-bond donors (Lipinski definition) is 2. The molecule has 0 spiro atoms. The lowest BCUT2D eigenvalue weighted by Crippen LogP contribution is -2.42. The number of hydrogen-bond acceptors (Lipinski definition) is 5. The van der Waals surface area contributed by atoms with E-state index in [2.05, 4.69) is 10.3 Å². The molecule has 8 heteroatoms. The van der Waals surface area contributed by atoms with Gasteiger partial charge in [-0.05, 0) is 36.8 Å². The van der Waals surface area contributed by atoms with E-state index in [4.69, 9.17) is 0 Å². The minimum Gasteiger partial charge on any atom is -0.503 e. The Morgan fingerprint density at radius 3 is 2.65 bits per heavy atom. The monoisotopic (exact) mass is 422 g/mol. The molecule has 4 rings (SSSR count). The number of carbonyl (C=O) groups is 1. The van der Waals surface area contributed by atoms with Crippen LogP contribution in [0, 0.1) is 5.82 Å². The van der Waals surface area contributed by atoms with Crippen LogP contribution in [0.3, 0.4) is 0 Å². The highest BCUT2D eigenvalue weighted by atomic mass is 19.1. The molecular weight excluding hydrogens is 399 g/mol. The number of halogens is 1. The van der Waals surface area contributed by atoms with Gasteiger partial charge in [-0.2, -0.15) is 0 Å². The van der Waals surface area contributed by atoms with Crippen molar-refractivity contribution in [3.8, 4) is 5.75 Å². The predicted octanol–water partition coefficient (Wildman–Crippen LogP) is 2.59. The molecule has 0 saturated carbocycles. The van der Waals surface area contributed by atoms with Crippen LogP contribution in [0.4, 0.5) is 4.39 Å². The summed E-state index contributed by atoms with van der Waals surface area (Å²) in [5.41, 5.74) is 1.41. The number of rotatable bonds is 6. The Morgan fingerprint density at radius 1 is 1.16 bits per heavy atom. The molecule has 7 nitrogen and oxygen atoms in total. The van der Waals surface area contributed by atoms with Crippen LogP contribution < -0.4 is 10.7 Å². The van der Waals surface area contributed by atoms with E-state index in [1.165, 1.54) is 12.1 Å². The number of pyridine rings is 2. The molecule has 1 aliphatic heterocycles. The summed E-state index contributed by atoms with van der Waals surface area (Å²) >= 11 is 0. The van der Waals surface area contributed by atoms with Gasteiger partial charge in [0.25, 0.3) is 5.91 Å². The minimum atomic E-state index is -0.566. The first-order valence-electron chi connectivity index (χ1n) is 10.1. The molecule has 1 aliphatic rings. The van der Waals surface area contributed by atoms with Crippen molar-refractivity contribution in [1.82, 2.24) is 19.8 Å². The summed E-state index contributed by atoms with van der Waals surface area (Å²) in [6.45, 7) is 3.43. The van der Waals surface area contributed by atoms with Crippen LogP contribution in [-0.2, 0) is 19.6 Å². The third kappa shape index (κ3) is 4.34. The fraction of sp³-hybridized carbons (Fsp3) is 0.261. The van der Waals surface area contributed by atoms with Gasteiger partial charge in [0, 0.05) is 50.2 Å². The molecule has 1 atom stereocenters. The Kier molecular flexibility index (Phi) is 5.81. The van der Waals surface area contributed by atoms with Crippen LogP contribution in [0.2, 0.25) is 0 Å². The first-order chi connectivity index (χ1) is 14.9. The Balaban J connectivity index is 1.54. The van der Waals surface area contributed by atoms with Crippen molar-refractivity contribution in [3.05, 3.63) is 93.4 Å². The molecule has 0 saturated heterocycles. The summed E-state index contributed by atoms with van der Waals surface area (Å²) in [5.74, 6) is -1.31. The van der Waals surface area contributed by atoms with Gasteiger partial charge in [-0.15, -0.1) is 0 Å². The normalized spacial score (nSPS) is 14.4. The van der Waals surface area contributed by atoms with E-state index >= 15 is 0 Å². The fourth-order valence-corrected chi connectivity index (χ4v) is 3.69. The largest absolute Gasteiger partial charge is 0.503 e. The highest BCUT2D eigenvalue weighted by Gasteiger charge is 2.30. The number of aromatic nitrogens is 2. The van der Waals surface area contributed by atoms with Crippen molar-refractivity contribution in [1.29, 1.82) is 0 Å². The van der Waals surface area contributed by atoms with Gasteiger partial charge in [0.05, 0.1) is 5.69 Å². The van der Waals surface area contributed by atoms with Crippen LogP contribution in [0.5, 0.6) is 5.75 Å². The first kappa shape index (κ1) is 20.7. The third-order valence-electron chi connectivity index (χ3n) is 5.45. The lowest BCUT2D eigenvalue weighted by molar-refractivity contribution is 0.0683. The second kappa shape index (κ2) is 8.69. The van der Waals surface area contributed by atoms with Gasteiger partial charge in [-0.1, -0.05) is 18.2 Å². The SMILES string of the molecule is CC(NCc1ccccn1)c1cn2c(c(O)c1=O)C(=O)N(Cc1ccc(F)cc1)CC2. The van der Waals surface area contributed by atoms with Crippen LogP contribution in [-0.4, -0.2) is 32.0 Å². The van der Waals surface area contributed by atoms with E-state index in [9.17, 15) is 19.1 Å². The number of nitrogens with zero attached hydrogens (tertiary/aromatic N) is 3. The van der Waals surface area contributed by atoms with Crippen molar-refractivity contribution in [3.63, 3.8) is 0 Å². The zero-order valence-corrected chi connectivity index (χ0v) is 17.1. The first-order valence-corrected chi connectivity index (χ1v) is 10.1. The second-order valence-corrected chi connectivity index (χ2v) is 7.58. The number of carbonyl (C=O) groups excluding carboxylic acids is 1. The number of fused-ring (bicyclic) bond motifs is 1. The van der Waals surface area contributed by atoms with Gasteiger partial charge in [0.1, 0.15) is 5.82 Å². The predicted molar refractivity (Wildman–Crippen MR) is 113 cm³/mol. The molecule has 0 radical (unpaired) electrons. The van der Waals surface area contributed by atoms with Crippen molar-refractivity contribution >= 4 is 5.91 Å². The van der Waals surface area contributed by atoms with E-state index in [1.807, 2.05) is 25.1 Å². The van der Waals surface area contributed by atoms with E-state index in [-0.39, 0.29) is 24.1 Å². The highest BCUT2D eigenvalue weighted by Crippen LogP contribution is 2.23. The second-order valence-electron chi connectivity index (χ2n) is 7.58. The highest BCUT2D eigenvalue weighted by molar-refractivity contribution is 5.95. The zero-order chi connectivity index (χ0) is 22.0.